The lowest BCUT2D eigenvalue weighted by atomic mass is 10.1. The number of hydrogen-bond acceptors (Lipinski definition) is 3. The number of aromatic nitrogens is 2. The first-order valence-corrected chi connectivity index (χ1v) is 10.8. The Balaban J connectivity index is 1.65. The van der Waals surface area contributed by atoms with Crippen molar-refractivity contribution < 1.29 is 9.59 Å². The number of halogens is 1. The number of anilines is 1. The average Bonchev–Trinajstić information content (AvgIpc) is 3.26. The van der Waals surface area contributed by atoms with Gasteiger partial charge < -0.3 is 10.2 Å². The summed E-state index contributed by atoms with van der Waals surface area (Å²) in [6.07, 6.45) is 0. The third kappa shape index (κ3) is 5.30. The number of nitrogens with zero attached hydrogens (tertiary/aromatic N) is 3. The predicted molar refractivity (Wildman–Crippen MR) is 131 cm³/mol. The van der Waals surface area contributed by atoms with E-state index in [0.717, 1.165) is 16.8 Å². The van der Waals surface area contributed by atoms with Gasteiger partial charge in [0.15, 0.2) is 0 Å². The summed E-state index contributed by atoms with van der Waals surface area (Å²) in [6, 6.07) is 26.0. The van der Waals surface area contributed by atoms with E-state index in [1.165, 1.54) is 6.92 Å². The molecule has 0 saturated carbocycles. The van der Waals surface area contributed by atoms with E-state index in [9.17, 15) is 9.59 Å². The summed E-state index contributed by atoms with van der Waals surface area (Å²) in [5.41, 5.74) is 4.26. The second kappa shape index (κ2) is 9.71. The SMILES string of the molecule is CC(=O)N(C)Cc1cccc(NC(=O)c2cc(-c3ccc(Cl)cc3)nn2-c2ccccc2)c1. The van der Waals surface area contributed by atoms with Crippen LogP contribution in [0.1, 0.15) is 23.0 Å². The smallest absolute Gasteiger partial charge is 0.274 e. The van der Waals surface area contributed by atoms with E-state index in [1.807, 2.05) is 66.7 Å². The molecule has 166 valence electrons. The van der Waals surface area contributed by atoms with Gasteiger partial charge >= 0.3 is 0 Å². The van der Waals surface area contributed by atoms with Crippen LogP contribution in [0.25, 0.3) is 16.9 Å². The lowest BCUT2D eigenvalue weighted by Gasteiger charge is -2.15. The molecule has 0 aliphatic carbocycles. The van der Waals surface area contributed by atoms with Gasteiger partial charge in [-0.3, -0.25) is 9.59 Å². The van der Waals surface area contributed by atoms with E-state index in [0.29, 0.717) is 28.6 Å². The molecule has 0 saturated heterocycles. The molecule has 3 aromatic carbocycles. The van der Waals surface area contributed by atoms with Crippen LogP contribution in [-0.2, 0) is 11.3 Å². The third-order valence-corrected chi connectivity index (χ3v) is 5.48. The van der Waals surface area contributed by atoms with Crippen LogP contribution in [0.3, 0.4) is 0 Å². The Labute approximate surface area is 197 Å². The normalized spacial score (nSPS) is 10.6. The molecule has 1 aromatic heterocycles. The van der Waals surface area contributed by atoms with Gasteiger partial charge in [0, 0.05) is 36.8 Å². The molecule has 0 atom stereocenters. The molecule has 33 heavy (non-hydrogen) atoms. The van der Waals surface area contributed by atoms with Crippen molar-refractivity contribution in [3.8, 4) is 16.9 Å². The monoisotopic (exact) mass is 458 g/mol. The van der Waals surface area contributed by atoms with Gasteiger partial charge in [0.25, 0.3) is 5.91 Å². The van der Waals surface area contributed by atoms with Crippen molar-refractivity contribution in [3.05, 3.63) is 101 Å². The Hall–Kier alpha value is -3.90. The molecule has 1 heterocycles. The van der Waals surface area contributed by atoms with Crippen molar-refractivity contribution in [3.63, 3.8) is 0 Å². The lowest BCUT2D eigenvalue weighted by Crippen LogP contribution is -2.23. The van der Waals surface area contributed by atoms with Gasteiger partial charge in [-0.15, -0.1) is 0 Å². The standard InChI is InChI=1S/C26H23ClN4O2/c1-18(32)30(2)17-19-7-6-8-22(15-19)28-26(33)25-16-24(20-11-13-21(27)14-12-20)29-31(25)23-9-4-3-5-10-23/h3-16H,17H2,1-2H3,(H,28,33). The highest BCUT2D eigenvalue weighted by Crippen LogP contribution is 2.24. The van der Waals surface area contributed by atoms with Crippen molar-refractivity contribution in [1.82, 2.24) is 14.7 Å². The summed E-state index contributed by atoms with van der Waals surface area (Å²) in [5.74, 6) is -0.311. The Kier molecular flexibility index (Phi) is 6.56. The minimum atomic E-state index is -0.288. The number of amides is 2. The molecular formula is C26H23ClN4O2. The lowest BCUT2D eigenvalue weighted by molar-refractivity contribution is -0.128. The first kappa shape index (κ1) is 22.3. The molecule has 7 heteroatoms. The molecule has 0 spiro atoms. The number of rotatable bonds is 6. The van der Waals surface area contributed by atoms with E-state index in [2.05, 4.69) is 10.4 Å². The number of benzene rings is 3. The Morgan fingerprint density at radius 3 is 2.39 bits per heavy atom. The Bertz CT molecular complexity index is 1280. The number of para-hydroxylation sites is 1. The molecule has 0 aliphatic rings. The van der Waals surface area contributed by atoms with Crippen molar-refractivity contribution in [2.24, 2.45) is 0 Å². The van der Waals surface area contributed by atoms with Crippen LogP contribution in [0.2, 0.25) is 5.02 Å². The van der Waals surface area contributed by atoms with Crippen molar-refractivity contribution >= 4 is 29.1 Å². The molecule has 0 bridgehead atoms. The summed E-state index contributed by atoms with van der Waals surface area (Å²) < 4.78 is 1.63. The van der Waals surface area contributed by atoms with Crippen LogP contribution in [0.5, 0.6) is 0 Å². The summed E-state index contributed by atoms with van der Waals surface area (Å²) in [7, 11) is 1.74. The van der Waals surface area contributed by atoms with Crippen LogP contribution >= 0.6 is 11.6 Å². The number of hydrogen-bond donors (Lipinski definition) is 1. The minimum absolute atomic E-state index is 0.0223. The first-order valence-electron chi connectivity index (χ1n) is 10.4. The molecule has 2 amide bonds. The predicted octanol–water partition coefficient (Wildman–Crippen LogP) is 5.42. The second-order valence-electron chi connectivity index (χ2n) is 7.70. The van der Waals surface area contributed by atoms with Gasteiger partial charge in [-0.05, 0) is 48.0 Å². The third-order valence-electron chi connectivity index (χ3n) is 5.22. The second-order valence-corrected chi connectivity index (χ2v) is 8.14. The molecule has 0 radical (unpaired) electrons. The maximum absolute atomic E-state index is 13.3. The first-order chi connectivity index (χ1) is 15.9. The highest BCUT2D eigenvalue weighted by atomic mass is 35.5. The van der Waals surface area contributed by atoms with Crippen LogP contribution in [0.4, 0.5) is 5.69 Å². The maximum atomic E-state index is 13.3. The fourth-order valence-electron chi connectivity index (χ4n) is 3.40. The zero-order valence-corrected chi connectivity index (χ0v) is 19.1. The van der Waals surface area contributed by atoms with Gasteiger partial charge in [-0.1, -0.05) is 54.1 Å². The molecule has 0 aliphatic heterocycles. The van der Waals surface area contributed by atoms with Crippen molar-refractivity contribution in [2.45, 2.75) is 13.5 Å². The largest absolute Gasteiger partial charge is 0.342 e. The fourth-order valence-corrected chi connectivity index (χ4v) is 3.52. The molecule has 0 unspecified atom stereocenters. The van der Waals surface area contributed by atoms with Gasteiger partial charge in [0.2, 0.25) is 5.91 Å². The van der Waals surface area contributed by atoms with E-state index in [4.69, 9.17) is 11.6 Å². The summed E-state index contributed by atoms with van der Waals surface area (Å²) >= 11 is 6.02. The van der Waals surface area contributed by atoms with Crippen LogP contribution in [0.15, 0.2) is 84.9 Å². The summed E-state index contributed by atoms with van der Waals surface area (Å²) in [5, 5.41) is 8.28. The van der Waals surface area contributed by atoms with Crippen LogP contribution < -0.4 is 5.32 Å². The maximum Gasteiger partial charge on any atom is 0.274 e. The topological polar surface area (TPSA) is 67.2 Å². The Morgan fingerprint density at radius 1 is 0.970 bits per heavy atom. The van der Waals surface area contributed by atoms with E-state index in [1.54, 1.807) is 34.8 Å². The zero-order valence-electron chi connectivity index (χ0n) is 18.3. The van der Waals surface area contributed by atoms with Gasteiger partial charge in [0.1, 0.15) is 5.69 Å². The van der Waals surface area contributed by atoms with Crippen molar-refractivity contribution in [2.75, 3.05) is 12.4 Å². The number of carbonyl (C=O) groups is 2. The van der Waals surface area contributed by atoms with Gasteiger partial charge in [-0.25, -0.2) is 4.68 Å². The minimum Gasteiger partial charge on any atom is -0.342 e. The van der Waals surface area contributed by atoms with E-state index >= 15 is 0 Å². The van der Waals surface area contributed by atoms with Crippen molar-refractivity contribution in [1.29, 1.82) is 0 Å². The highest BCUT2D eigenvalue weighted by molar-refractivity contribution is 6.30. The zero-order chi connectivity index (χ0) is 23.4. The molecule has 6 nitrogen and oxygen atoms in total. The van der Waals surface area contributed by atoms with Crippen LogP contribution in [-0.4, -0.2) is 33.5 Å². The molecule has 4 rings (SSSR count). The summed E-state index contributed by atoms with van der Waals surface area (Å²) in [6.45, 7) is 1.98. The molecule has 1 N–H and O–H groups in total. The molecule has 4 aromatic rings. The van der Waals surface area contributed by atoms with E-state index < -0.39 is 0 Å². The van der Waals surface area contributed by atoms with Crippen LogP contribution in [0, 0.1) is 0 Å². The van der Waals surface area contributed by atoms with E-state index in [-0.39, 0.29) is 11.8 Å². The Morgan fingerprint density at radius 2 is 1.70 bits per heavy atom. The number of nitrogens with one attached hydrogen (secondary N) is 1. The average molecular weight is 459 g/mol. The highest BCUT2D eigenvalue weighted by Gasteiger charge is 2.18. The van der Waals surface area contributed by atoms with Gasteiger partial charge in [0.05, 0.1) is 11.4 Å². The fraction of sp³-hybridized carbons (Fsp3) is 0.115. The van der Waals surface area contributed by atoms with Gasteiger partial charge in [-0.2, -0.15) is 5.10 Å². The molecule has 0 fully saturated rings. The molecular weight excluding hydrogens is 436 g/mol. The summed E-state index contributed by atoms with van der Waals surface area (Å²) in [4.78, 5) is 26.5. The number of carbonyl (C=O) groups excluding carboxylic acids is 2. The quantitative estimate of drug-likeness (QED) is 0.419.